The normalized spacial score (nSPS) is 25.6. The van der Waals surface area contributed by atoms with E-state index in [0.29, 0.717) is 72.0 Å². The highest BCUT2D eigenvalue weighted by Crippen LogP contribution is 2.57. The fraction of sp³-hybridized carbons (Fsp3) is 0.605. The molecule has 4 bridgehead atoms. The maximum atomic E-state index is 13.3. The van der Waals surface area contributed by atoms with Crippen LogP contribution in [0.1, 0.15) is 94.2 Å². The number of methoxy groups -OCH3 is 4. The molecule has 0 aromatic heterocycles. The number of hydrogen-bond acceptors (Lipinski definition) is 7. The van der Waals surface area contributed by atoms with E-state index in [9.17, 15) is 14.4 Å². The zero-order chi connectivity index (χ0) is 32.4. The molecular weight excluding hydrogens is 582 g/mol. The fourth-order valence-electron chi connectivity index (χ4n) is 9.44. The van der Waals surface area contributed by atoms with Crippen LogP contribution >= 0.6 is 0 Å². The van der Waals surface area contributed by atoms with Crippen molar-refractivity contribution in [1.29, 1.82) is 0 Å². The number of unbranched alkanes of at least 4 members (excludes halogenated alkanes) is 3. The first-order chi connectivity index (χ1) is 22.3. The van der Waals surface area contributed by atoms with Crippen molar-refractivity contribution in [3.05, 3.63) is 45.6 Å². The van der Waals surface area contributed by atoms with Gasteiger partial charge in [0.1, 0.15) is 5.78 Å². The Balaban J connectivity index is 1.09. The molecule has 1 N–H and O–H groups in total. The molecule has 5 aliphatic rings. The number of amides is 1. The molecule has 1 atom stereocenters. The van der Waals surface area contributed by atoms with Gasteiger partial charge in [0.15, 0.2) is 17.2 Å². The van der Waals surface area contributed by atoms with Gasteiger partial charge in [-0.05, 0) is 116 Å². The summed E-state index contributed by atoms with van der Waals surface area (Å²) in [6.45, 7) is 0. The third kappa shape index (κ3) is 6.37. The number of fused-ring (bicyclic) bond motifs is 3. The van der Waals surface area contributed by atoms with E-state index < -0.39 is 0 Å². The number of Topliss-reactive ketones (excluding diaryl/α,β-unsaturated/α-hetero) is 1. The van der Waals surface area contributed by atoms with E-state index in [4.69, 9.17) is 18.9 Å². The summed E-state index contributed by atoms with van der Waals surface area (Å²) in [5.74, 6) is 5.65. The molecule has 8 nitrogen and oxygen atoms in total. The summed E-state index contributed by atoms with van der Waals surface area (Å²) in [6.07, 6.45) is 12.4. The van der Waals surface area contributed by atoms with E-state index >= 15 is 0 Å². The largest absolute Gasteiger partial charge is 0.493 e. The van der Waals surface area contributed by atoms with Crippen LogP contribution in [0, 0.1) is 29.6 Å². The highest BCUT2D eigenvalue weighted by atomic mass is 16.5. The second-order valence-electron chi connectivity index (χ2n) is 14.0. The van der Waals surface area contributed by atoms with Gasteiger partial charge in [0.05, 0.1) is 34.5 Å². The predicted octanol–water partition coefficient (Wildman–Crippen LogP) is 6.83. The molecule has 0 radical (unpaired) electrons. The summed E-state index contributed by atoms with van der Waals surface area (Å²) < 4.78 is 22.5. The fourth-order valence-corrected chi connectivity index (χ4v) is 9.44. The third-order valence-electron chi connectivity index (χ3n) is 11.2. The molecule has 0 spiro atoms. The molecule has 248 valence electrons. The maximum absolute atomic E-state index is 13.3. The Kier molecular flexibility index (Phi) is 9.90. The van der Waals surface area contributed by atoms with Crippen molar-refractivity contribution in [1.82, 2.24) is 5.32 Å². The number of carbonyl (C=O) groups is 2. The molecular formula is C38H49NO7. The average molecular weight is 632 g/mol. The van der Waals surface area contributed by atoms with Gasteiger partial charge in [-0.1, -0.05) is 18.9 Å². The number of aryl methyl sites for hydroxylation is 1. The van der Waals surface area contributed by atoms with Crippen molar-refractivity contribution in [2.75, 3.05) is 28.4 Å². The molecule has 1 amide bonds. The predicted molar refractivity (Wildman–Crippen MR) is 177 cm³/mol. The average Bonchev–Trinajstić information content (AvgIpc) is 3.29. The number of benzene rings is 1. The van der Waals surface area contributed by atoms with Gasteiger partial charge < -0.3 is 24.3 Å². The first-order valence-corrected chi connectivity index (χ1v) is 17.2. The number of hydrogen-bond donors (Lipinski definition) is 1. The molecule has 0 saturated heterocycles. The van der Waals surface area contributed by atoms with Gasteiger partial charge in [0.25, 0.3) is 0 Å². The molecule has 4 saturated carbocycles. The van der Waals surface area contributed by atoms with E-state index in [1.807, 2.05) is 12.1 Å². The highest BCUT2D eigenvalue weighted by Gasteiger charge is 2.50. The lowest BCUT2D eigenvalue weighted by Gasteiger charge is -2.53. The molecule has 46 heavy (non-hydrogen) atoms. The molecule has 5 aliphatic carbocycles. The molecule has 0 unspecified atom stereocenters. The number of carbonyl (C=O) groups excluding carboxylic acids is 2. The van der Waals surface area contributed by atoms with Gasteiger partial charge in [-0.3, -0.25) is 14.4 Å². The van der Waals surface area contributed by atoms with Crippen LogP contribution in [0.4, 0.5) is 0 Å². The Hall–Kier alpha value is -3.55. The number of nitrogens with one attached hydrogen (secondary N) is 1. The Bertz CT molecular complexity index is 1490. The van der Waals surface area contributed by atoms with Crippen molar-refractivity contribution in [3.63, 3.8) is 0 Å². The minimum Gasteiger partial charge on any atom is -0.493 e. The molecule has 2 aromatic carbocycles. The standard InChI is InChI=1S/C38H49NO7/c1-43-32-14-12-27-28(21-31(32)41)29(13-11-24-20-33(44-2)37(45-3)38(46-4)36(24)27)39-34(42)10-8-6-5-7-9-30(40)35-25-16-22-15-23(18-25)19-26(35)17-22/h12,14,20-23,25-26,29,35H,5-11,13,15-19H2,1-4H3,(H,39,42)/t22?,23?,25?,26?,29-,35?/m0/s1. The highest BCUT2D eigenvalue weighted by molar-refractivity contribution is 5.84. The van der Waals surface area contributed by atoms with E-state index in [1.54, 1.807) is 33.5 Å². The van der Waals surface area contributed by atoms with Gasteiger partial charge >= 0.3 is 0 Å². The van der Waals surface area contributed by atoms with Gasteiger partial charge in [-0.25, -0.2) is 0 Å². The van der Waals surface area contributed by atoms with Crippen LogP contribution < -0.4 is 29.7 Å². The Morgan fingerprint density at radius 3 is 2.04 bits per heavy atom. The first kappa shape index (κ1) is 32.4. The summed E-state index contributed by atoms with van der Waals surface area (Å²) in [5.41, 5.74) is 3.03. The molecule has 8 heteroatoms. The zero-order valence-corrected chi connectivity index (χ0v) is 27.8. The van der Waals surface area contributed by atoms with Crippen LogP contribution in [0.15, 0.2) is 29.1 Å². The zero-order valence-electron chi connectivity index (χ0n) is 27.8. The third-order valence-corrected chi connectivity index (χ3v) is 11.2. The molecule has 2 aromatic rings. The molecule has 4 fully saturated rings. The monoisotopic (exact) mass is 631 g/mol. The van der Waals surface area contributed by atoms with Gasteiger partial charge in [0.2, 0.25) is 17.1 Å². The molecule has 0 aliphatic heterocycles. The molecule has 0 heterocycles. The maximum Gasteiger partial charge on any atom is 0.220 e. The van der Waals surface area contributed by atoms with E-state index in [-0.39, 0.29) is 23.1 Å². The van der Waals surface area contributed by atoms with Crippen molar-refractivity contribution >= 4 is 11.7 Å². The number of ether oxygens (including phenoxy) is 4. The topological polar surface area (TPSA) is 100 Å². The van der Waals surface area contributed by atoms with E-state index in [0.717, 1.165) is 54.2 Å². The lowest BCUT2D eigenvalue weighted by Crippen LogP contribution is -2.47. The number of rotatable bonds is 13. The van der Waals surface area contributed by atoms with Crippen molar-refractivity contribution in [3.8, 4) is 34.1 Å². The van der Waals surface area contributed by atoms with Gasteiger partial charge in [0, 0.05) is 24.3 Å². The summed E-state index contributed by atoms with van der Waals surface area (Å²) >= 11 is 0. The van der Waals surface area contributed by atoms with E-state index in [1.165, 1.54) is 39.2 Å². The van der Waals surface area contributed by atoms with Gasteiger partial charge in [-0.2, -0.15) is 0 Å². The van der Waals surface area contributed by atoms with Gasteiger partial charge in [-0.15, -0.1) is 0 Å². The van der Waals surface area contributed by atoms with Crippen LogP contribution in [0.2, 0.25) is 0 Å². The van der Waals surface area contributed by atoms with Crippen LogP contribution in [0.5, 0.6) is 23.0 Å². The minimum atomic E-state index is -0.375. The Labute approximate surface area is 272 Å². The SMILES string of the molecule is COc1cc2c(c(OC)c1OC)-c1ccc(OC)c(=O)cc1[C@@H](NC(=O)CCCCCCC(=O)C1C3CC4CC(C3)CC1C4)CC2. The minimum absolute atomic E-state index is 0.0420. The Morgan fingerprint density at radius 1 is 0.761 bits per heavy atom. The second kappa shape index (κ2) is 14.1. The summed E-state index contributed by atoms with van der Waals surface area (Å²) in [4.78, 5) is 39.6. The second-order valence-corrected chi connectivity index (χ2v) is 14.0. The first-order valence-electron chi connectivity index (χ1n) is 17.2. The smallest absolute Gasteiger partial charge is 0.220 e. The summed E-state index contributed by atoms with van der Waals surface area (Å²) in [7, 11) is 6.22. The summed E-state index contributed by atoms with van der Waals surface area (Å²) in [5, 5.41) is 3.23. The van der Waals surface area contributed by atoms with Crippen LogP contribution in [0.25, 0.3) is 11.1 Å². The summed E-state index contributed by atoms with van der Waals surface area (Å²) in [6, 6.07) is 6.67. The van der Waals surface area contributed by atoms with Crippen molar-refractivity contribution < 1.29 is 28.5 Å². The lowest BCUT2D eigenvalue weighted by atomic mass is 9.51. The number of ketones is 1. The van der Waals surface area contributed by atoms with Crippen molar-refractivity contribution in [2.45, 2.75) is 89.5 Å². The quantitative estimate of drug-likeness (QED) is 0.242. The van der Waals surface area contributed by atoms with Crippen LogP contribution in [-0.4, -0.2) is 40.1 Å². The van der Waals surface area contributed by atoms with E-state index in [2.05, 4.69) is 5.32 Å². The Morgan fingerprint density at radius 2 is 1.41 bits per heavy atom. The van der Waals surface area contributed by atoms with Crippen LogP contribution in [-0.2, 0) is 16.0 Å². The van der Waals surface area contributed by atoms with Crippen LogP contribution in [0.3, 0.4) is 0 Å². The van der Waals surface area contributed by atoms with Crippen molar-refractivity contribution in [2.24, 2.45) is 29.6 Å². The molecule has 7 rings (SSSR count). The lowest BCUT2D eigenvalue weighted by molar-refractivity contribution is -0.136.